The molecule has 0 aliphatic heterocycles. The molecular weight excluding hydrogens is 288 g/mol. The monoisotopic (exact) mass is 312 g/mol. The van der Waals surface area contributed by atoms with E-state index in [1.165, 1.54) is 12.0 Å². The van der Waals surface area contributed by atoms with Crippen LogP contribution < -0.4 is 5.73 Å². The molecule has 0 saturated carbocycles. The van der Waals surface area contributed by atoms with Gasteiger partial charge in [-0.2, -0.15) is 0 Å². The summed E-state index contributed by atoms with van der Waals surface area (Å²) in [4.78, 5) is 2.38. The number of likely N-dealkylation sites (N-methyl/N-ethyl adjacent to an activating group) is 1. The fourth-order valence-electron chi connectivity index (χ4n) is 2.38. The third-order valence-corrected chi connectivity index (χ3v) is 3.95. The summed E-state index contributed by atoms with van der Waals surface area (Å²) in [5, 5.41) is 0. The highest BCUT2D eigenvalue weighted by Crippen LogP contribution is 2.25. The zero-order valence-electron chi connectivity index (χ0n) is 11.9. The predicted octanol–water partition coefficient (Wildman–Crippen LogP) is 3.82. The molecule has 0 saturated heterocycles. The number of benzene rings is 1. The first-order chi connectivity index (χ1) is 8.45. The van der Waals surface area contributed by atoms with E-state index in [2.05, 4.69) is 72.9 Å². The fourth-order valence-corrected chi connectivity index (χ4v) is 2.80. The zero-order valence-corrected chi connectivity index (χ0v) is 13.4. The van der Waals surface area contributed by atoms with Crippen molar-refractivity contribution < 1.29 is 0 Å². The average molecular weight is 313 g/mol. The summed E-state index contributed by atoms with van der Waals surface area (Å²) in [5.74, 6) is 0.698. The topological polar surface area (TPSA) is 29.3 Å². The van der Waals surface area contributed by atoms with Crippen molar-refractivity contribution in [1.29, 1.82) is 0 Å². The van der Waals surface area contributed by atoms with E-state index in [-0.39, 0.29) is 12.1 Å². The lowest BCUT2D eigenvalue weighted by atomic mass is 9.98. The van der Waals surface area contributed by atoms with Crippen molar-refractivity contribution in [1.82, 2.24) is 4.90 Å². The Morgan fingerprint density at radius 2 is 2.00 bits per heavy atom. The maximum atomic E-state index is 6.18. The van der Waals surface area contributed by atoms with Gasteiger partial charge < -0.3 is 5.73 Å². The minimum atomic E-state index is 0.119. The molecule has 18 heavy (non-hydrogen) atoms. The van der Waals surface area contributed by atoms with Crippen molar-refractivity contribution in [2.24, 2.45) is 11.7 Å². The number of hydrogen-bond donors (Lipinski definition) is 1. The Bertz CT molecular complexity index is 365. The first-order valence-electron chi connectivity index (χ1n) is 6.67. The normalized spacial score (nSPS) is 16.6. The van der Waals surface area contributed by atoms with Gasteiger partial charge >= 0.3 is 0 Å². The smallest absolute Gasteiger partial charge is 0.0494 e. The number of nitrogens with two attached hydrogens (primary N) is 1. The van der Waals surface area contributed by atoms with Gasteiger partial charge in [0.15, 0.2) is 0 Å². The van der Waals surface area contributed by atoms with Crippen LogP contribution in [0.15, 0.2) is 28.7 Å². The molecule has 3 heteroatoms. The molecule has 1 aromatic carbocycles. The first-order valence-corrected chi connectivity index (χ1v) is 7.46. The van der Waals surface area contributed by atoms with Crippen LogP contribution in [0.1, 0.15) is 38.8 Å². The molecule has 0 amide bonds. The molecule has 0 aliphatic rings. The third-order valence-electron chi connectivity index (χ3n) is 3.46. The Morgan fingerprint density at radius 1 is 1.33 bits per heavy atom. The molecule has 1 rings (SSSR count). The van der Waals surface area contributed by atoms with Gasteiger partial charge in [-0.3, -0.25) is 4.90 Å². The predicted molar refractivity (Wildman–Crippen MR) is 82.6 cm³/mol. The molecule has 0 heterocycles. The highest BCUT2D eigenvalue weighted by atomic mass is 79.9. The van der Waals surface area contributed by atoms with Crippen LogP contribution in [0.5, 0.6) is 0 Å². The van der Waals surface area contributed by atoms with Crippen LogP contribution >= 0.6 is 15.9 Å². The largest absolute Gasteiger partial charge is 0.326 e. The Kier molecular flexibility index (Phi) is 6.33. The molecule has 1 aromatic rings. The molecule has 3 atom stereocenters. The van der Waals surface area contributed by atoms with E-state index >= 15 is 0 Å². The van der Waals surface area contributed by atoms with Crippen molar-refractivity contribution in [3.63, 3.8) is 0 Å². The average Bonchev–Trinajstić information content (AvgIpc) is 2.28. The molecule has 0 bridgehead atoms. The van der Waals surface area contributed by atoms with Crippen LogP contribution in [0.3, 0.4) is 0 Å². The molecule has 2 N–H and O–H groups in total. The van der Waals surface area contributed by atoms with E-state index in [4.69, 9.17) is 5.73 Å². The van der Waals surface area contributed by atoms with Crippen molar-refractivity contribution in [3.05, 3.63) is 34.3 Å². The van der Waals surface area contributed by atoms with Crippen molar-refractivity contribution in [2.45, 2.75) is 39.3 Å². The van der Waals surface area contributed by atoms with Gasteiger partial charge in [0.05, 0.1) is 0 Å². The van der Waals surface area contributed by atoms with E-state index in [0.717, 1.165) is 11.0 Å². The Hall–Kier alpha value is -0.380. The van der Waals surface area contributed by atoms with Gasteiger partial charge in [0.2, 0.25) is 0 Å². The van der Waals surface area contributed by atoms with Crippen molar-refractivity contribution in [2.75, 3.05) is 13.6 Å². The summed E-state index contributed by atoms with van der Waals surface area (Å²) >= 11 is 3.53. The standard InChI is InChI=1S/C15H25BrN2/c1-5-11(2)10-18(4)15(12(3)17)13-7-6-8-14(16)9-13/h6-9,11-12,15H,5,10,17H2,1-4H3. The Labute approximate surface area is 120 Å². The van der Waals surface area contributed by atoms with Gasteiger partial charge in [-0.15, -0.1) is 0 Å². The van der Waals surface area contributed by atoms with Gasteiger partial charge in [-0.1, -0.05) is 48.3 Å². The van der Waals surface area contributed by atoms with Crippen LogP contribution in [0, 0.1) is 5.92 Å². The number of nitrogens with zero attached hydrogens (tertiary/aromatic N) is 1. The van der Waals surface area contributed by atoms with Crippen LogP contribution in [-0.4, -0.2) is 24.5 Å². The lowest BCUT2D eigenvalue weighted by molar-refractivity contribution is 0.190. The van der Waals surface area contributed by atoms with E-state index in [0.29, 0.717) is 5.92 Å². The minimum Gasteiger partial charge on any atom is -0.326 e. The molecule has 2 nitrogen and oxygen atoms in total. The molecule has 102 valence electrons. The van der Waals surface area contributed by atoms with Gasteiger partial charge in [0, 0.05) is 23.1 Å². The molecule has 0 fully saturated rings. The van der Waals surface area contributed by atoms with Gasteiger partial charge in [-0.05, 0) is 37.6 Å². The van der Waals surface area contributed by atoms with E-state index in [1.807, 2.05) is 0 Å². The summed E-state index contributed by atoms with van der Waals surface area (Å²) in [6, 6.07) is 8.85. The second-order valence-corrected chi connectivity index (χ2v) is 6.23. The zero-order chi connectivity index (χ0) is 13.7. The van der Waals surface area contributed by atoms with E-state index < -0.39 is 0 Å². The molecule has 0 spiro atoms. The maximum Gasteiger partial charge on any atom is 0.0494 e. The number of hydrogen-bond acceptors (Lipinski definition) is 2. The Morgan fingerprint density at radius 3 is 2.50 bits per heavy atom. The number of halogens is 1. The summed E-state index contributed by atoms with van der Waals surface area (Å²) < 4.78 is 1.11. The van der Waals surface area contributed by atoms with Gasteiger partial charge in [0.25, 0.3) is 0 Å². The molecule has 3 unspecified atom stereocenters. The second-order valence-electron chi connectivity index (χ2n) is 5.31. The lowest BCUT2D eigenvalue weighted by Gasteiger charge is -2.33. The van der Waals surface area contributed by atoms with Crippen LogP contribution in [-0.2, 0) is 0 Å². The maximum absolute atomic E-state index is 6.18. The number of rotatable bonds is 6. The minimum absolute atomic E-state index is 0.119. The molecule has 0 aromatic heterocycles. The van der Waals surface area contributed by atoms with Crippen LogP contribution in [0.4, 0.5) is 0 Å². The van der Waals surface area contributed by atoms with Crippen molar-refractivity contribution >= 4 is 15.9 Å². The fraction of sp³-hybridized carbons (Fsp3) is 0.600. The summed E-state index contributed by atoms with van der Waals surface area (Å²) in [6.07, 6.45) is 1.20. The molecular formula is C15H25BrN2. The summed E-state index contributed by atoms with van der Waals surface area (Å²) in [5.41, 5.74) is 7.46. The van der Waals surface area contributed by atoms with Crippen LogP contribution in [0.25, 0.3) is 0 Å². The van der Waals surface area contributed by atoms with Gasteiger partial charge in [-0.25, -0.2) is 0 Å². The summed E-state index contributed by atoms with van der Waals surface area (Å²) in [7, 11) is 2.17. The highest BCUT2D eigenvalue weighted by Gasteiger charge is 2.22. The second kappa shape index (κ2) is 7.27. The SMILES string of the molecule is CCC(C)CN(C)C(c1cccc(Br)c1)C(C)N. The Balaban J connectivity index is 2.89. The van der Waals surface area contributed by atoms with Crippen LogP contribution in [0.2, 0.25) is 0 Å². The van der Waals surface area contributed by atoms with Gasteiger partial charge in [0.1, 0.15) is 0 Å². The molecule has 0 radical (unpaired) electrons. The van der Waals surface area contributed by atoms with E-state index in [1.54, 1.807) is 0 Å². The highest BCUT2D eigenvalue weighted by molar-refractivity contribution is 9.10. The van der Waals surface area contributed by atoms with Crippen molar-refractivity contribution in [3.8, 4) is 0 Å². The van der Waals surface area contributed by atoms with E-state index in [9.17, 15) is 0 Å². The summed E-state index contributed by atoms with van der Waals surface area (Å²) in [6.45, 7) is 7.68. The third kappa shape index (κ3) is 4.38. The first kappa shape index (κ1) is 15.7. The quantitative estimate of drug-likeness (QED) is 0.865. The lowest BCUT2D eigenvalue weighted by Crippen LogP contribution is -2.39. The molecule has 0 aliphatic carbocycles.